The first-order chi connectivity index (χ1) is 14.0. The molecule has 4 rings (SSSR count). The van der Waals surface area contributed by atoms with Crippen molar-refractivity contribution in [2.24, 2.45) is 0 Å². The Labute approximate surface area is 173 Å². The largest absolute Gasteiger partial charge is 0.467 e. The standard InChI is InChI=1S/C19H12N2O6S2/c22-18-17(29-19(28)20(18)11-13-4-3-9-25-13)10-12-7-8-15(26-12)14-5-1-2-6-16(14)27-21(23)24/h1-10H,11H2/b17-10-. The van der Waals surface area contributed by atoms with Gasteiger partial charge in [-0.3, -0.25) is 14.5 Å². The van der Waals surface area contributed by atoms with Crippen molar-refractivity contribution in [1.29, 1.82) is 0 Å². The second-order valence-corrected chi connectivity index (χ2v) is 7.54. The van der Waals surface area contributed by atoms with Crippen LogP contribution in [-0.2, 0) is 11.3 Å². The lowest BCUT2D eigenvalue weighted by molar-refractivity contribution is -0.710. The van der Waals surface area contributed by atoms with Crippen molar-refractivity contribution in [2.75, 3.05) is 0 Å². The third-order valence-corrected chi connectivity index (χ3v) is 5.37. The molecule has 1 aliphatic rings. The molecule has 3 aromatic rings. The molecule has 0 radical (unpaired) electrons. The number of hydrogen-bond donors (Lipinski definition) is 0. The van der Waals surface area contributed by atoms with Crippen molar-refractivity contribution in [3.05, 3.63) is 81.3 Å². The Morgan fingerprint density at radius 1 is 1.21 bits per heavy atom. The van der Waals surface area contributed by atoms with Crippen LogP contribution in [0.4, 0.5) is 0 Å². The number of amides is 1. The van der Waals surface area contributed by atoms with Gasteiger partial charge in [0.25, 0.3) is 11.0 Å². The number of nitrogens with zero attached hydrogens (tertiary/aromatic N) is 2. The molecular formula is C19H12N2O6S2. The Kier molecular flexibility index (Phi) is 5.19. The van der Waals surface area contributed by atoms with Crippen LogP contribution in [0.25, 0.3) is 17.4 Å². The highest BCUT2D eigenvalue weighted by Gasteiger charge is 2.32. The van der Waals surface area contributed by atoms with Crippen LogP contribution in [0.3, 0.4) is 0 Å². The van der Waals surface area contributed by atoms with E-state index in [2.05, 4.69) is 4.84 Å². The lowest BCUT2D eigenvalue weighted by Crippen LogP contribution is -2.27. The molecule has 29 heavy (non-hydrogen) atoms. The molecule has 1 fully saturated rings. The molecule has 1 aliphatic heterocycles. The average molecular weight is 428 g/mol. The number of furan rings is 2. The summed E-state index contributed by atoms with van der Waals surface area (Å²) in [5.41, 5.74) is 0.425. The van der Waals surface area contributed by atoms with E-state index in [9.17, 15) is 14.9 Å². The number of thiocarbonyl (C=S) groups is 1. The van der Waals surface area contributed by atoms with Gasteiger partial charge in [-0.05, 0) is 36.4 Å². The van der Waals surface area contributed by atoms with Crippen LogP contribution in [0.5, 0.6) is 5.75 Å². The van der Waals surface area contributed by atoms with E-state index in [0.717, 1.165) is 0 Å². The first-order valence-corrected chi connectivity index (χ1v) is 9.53. The van der Waals surface area contributed by atoms with Crippen LogP contribution in [0.1, 0.15) is 11.5 Å². The molecule has 1 saturated heterocycles. The van der Waals surface area contributed by atoms with Gasteiger partial charge in [0.05, 0.1) is 17.7 Å². The van der Waals surface area contributed by atoms with Gasteiger partial charge in [-0.2, -0.15) is 0 Å². The average Bonchev–Trinajstić information content (AvgIpc) is 3.41. The zero-order valence-corrected chi connectivity index (χ0v) is 16.3. The minimum Gasteiger partial charge on any atom is -0.467 e. The Morgan fingerprint density at radius 3 is 2.79 bits per heavy atom. The SMILES string of the molecule is O=C1/C(=C/c2ccc(-c3ccccc3O[N+](=O)[O-])o2)SC(=S)N1Cc1ccco1. The second-order valence-electron chi connectivity index (χ2n) is 5.86. The summed E-state index contributed by atoms with van der Waals surface area (Å²) in [6, 6.07) is 13.3. The van der Waals surface area contributed by atoms with Crippen LogP contribution in [0.2, 0.25) is 0 Å². The van der Waals surface area contributed by atoms with Crippen molar-refractivity contribution in [2.45, 2.75) is 6.54 Å². The van der Waals surface area contributed by atoms with Gasteiger partial charge in [0.15, 0.2) is 0 Å². The van der Waals surface area contributed by atoms with Gasteiger partial charge in [-0.1, -0.05) is 36.1 Å². The fraction of sp³-hybridized carbons (Fsp3) is 0.0526. The summed E-state index contributed by atoms with van der Waals surface area (Å²) >= 11 is 6.47. The van der Waals surface area contributed by atoms with Gasteiger partial charge >= 0.3 is 0 Å². The Hall–Kier alpha value is -3.37. The molecule has 2 aromatic heterocycles. The van der Waals surface area contributed by atoms with Gasteiger partial charge in [0.1, 0.15) is 27.4 Å². The predicted molar refractivity (Wildman–Crippen MR) is 109 cm³/mol. The fourth-order valence-corrected chi connectivity index (χ4v) is 3.96. The molecule has 0 unspecified atom stereocenters. The lowest BCUT2D eigenvalue weighted by Gasteiger charge is -2.11. The minimum atomic E-state index is -0.882. The fourth-order valence-electron chi connectivity index (χ4n) is 2.73. The lowest BCUT2D eigenvalue weighted by atomic mass is 10.1. The third kappa shape index (κ3) is 4.08. The van der Waals surface area contributed by atoms with E-state index < -0.39 is 5.09 Å². The summed E-state index contributed by atoms with van der Waals surface area (Å²) in [4.78, 5) is 29.8. The van der Waals surface area contributed by atoms with Crippen molar-refractivity contribution in [1.82, 2.24) is 4.90 Å². The molecule has 0 aliphatic carbocycles. The Balaban J connectivity index is 1.56. The van der Waals surface area contributed by atoms with Gasteiger partial charge in [0.2, 0.25) is 0 Å². The van der Waals surface area contributed by atoms with Gasteiger partial charge in [0, 0.05) is 11.6 Å². The number of thioether (sulfide) groups is 1. The van der Waals surface area contributed by atoms with Crippen molar-refractivity contribution in [3.63, 3.8) is 0 Å². The quantitative estimate of drug-likeness (QED) is 0.245. The summed E-state index contributed by atoms with van der Waals surface area (Å²) in [5, 5.41) is 9.80. The Bertz CT molecular complexity index is 1120. The molecule has 0 saturated carbocycles. The topological polar surface area (TPSA) is 99.0 Å². The number of carbonyl (C=O) groups excluding carboxylic acids is 1. The number of hydrogen-bond acceptors (Lipinski definition) is 8. The van der Waals surface area contributed by atoms with Gasteiger partial charge < -0.3 is 8.83 Å². The first-order valence-electron chi connectivity index (χ1n) is 8.30. The number of benzene rings is 1. The molecule has 0 atom stereocenters. The maximum absolute atomic E-state index is 12.7. The monoisotopic (exact) mass is 428 g/mol. The summed E-state index contributed by atoms with van der Waals surface area (Å²) in [7, 11) is 0. The molecule has 0 spiro atoms. The number of para-hydroxylation sites is 1. The van der Waals surface area contributed by atoms with Crippen LogP contribution in [-0.4, -0.2) is 20.2 Å². The van der Waals surface area contributed by atoms with Crippen LogP contribution in [0, 0.1) is 10.1 Å². The summed E-state index contributed by atoms with van der Waals surface area (Å²) in [5.74, 6) is 1.23. The summed E-state index contributed by atoms with van der Waals surface area (Å²) < 4.78 is 11.5. The molecule has 0 N–H and O–H groups in total. The van der Waals surface area contributed by atoms with Crippen LogP contribution in [0.15, 0.2) is 68.5 Å². The second kappa shape index (κ2) is 7.94. The molecule has 0 bridgehead atoms. The molecular weight excluding hydrogens is 416 g/mol. The van der Waals surface area contributed by atoms with Gasteiger partial charge in [-0.25, -0.2) is 0 Å². The zero-order valence-electron chi connectivity index (χ0n) is 14.6. The number of rotatable bonds is 6. The highest BCUT2D eigenvalue weighted by molar-refractivity contribution is 8.26. The predicted octanol–water partition coefficient (Wildman–Crippen LogP) is 4.51. The van der Waals surface area contributed by atoms with Crippen LogP contribution < -0.4 is 4.84 Å². The van der Waals surface area contributed by atoms with E-state index in [1.807, 2.05) is 0 Å². The maximum atomic E-state index is 12.7. The first kappa shape index (κ1) is 19.0. The Morgan fingerprint density at radius 2 is 2.03 bits per heavy atom. The van der Waals surface area contributed by atoms with Crippen molar-refractivity contribution in [3.8, 4) is 17.1 Å². The molecule has 146 valence electrons. The molecule has 10 heteroatoms. The van der Waals surface area contributed by atoms with Crippen LogP contribution >= 0.6 is 24.0 Å². The minimum absolute atomic E-state index is 0.0585. The highest BCUT2D eigenvalue weighted by atomic mass is 32.2. The van der Waals surface area contributed by atoms with E-state index in [-0.39, 0.29) is 18.2 Å². The van der Waals surface area contributed by atoms with E-state index in [1.165, 1.54) is 29.0 Å². The van der Waals surface area contributed by atoms with E-state index in [4.69, 9.17) is 21.1 Å². The maximum Gasteiger partial charge on any atom is 0.299 e. The van der Waals surface area contributed by atoms with E-state index in [1.54, 1.807) is 48.5 Å². The molecule has 1 aromatic carbocycles. The number of carbonyl (C=O) groups is 1. The van der Waals surface area contributed by atoms with Crippen molar-refractivity contribution >= 4 is 40.3 Å². The zero-order chi connectivity index (χ0) is 20.4. The molecule has 8 nitrogen and oxygen atoms in total. The molecule has 3 heterocycles. The molecule has 1 amide bonds. The third-order valence-electron chi connectivity index (χ3n) is 3.99. The van der Waals surface area contributed by atoms with Gasteiger partial charge in [-0.15, -0.1) is 10.1 Å². The van der Waals surface area contributed by atoms with E-state index in [0.29, 0.717) is 32.1 Å². The smallest absolute Gasteiger partial charge is 0.299 e. The van der Waals surface area contributed by atoms with E-state index >= 15 is 0 Å². The normalized spacial score (nSPS) is 15.3. The highest BCUT2D eigenvalue weighted by Crippen LogP contribution is 2.36. The van der Waals surface area contributed by atoms with Crippen molar-refractivity contribution < 1.29 is 23.6 Å². The summed E-state index contributed by atoms with van der Waals surface area (Å²) in [6.45, 7) is 0.254. The summed E-state index contributed by atoms with van der Waals surface area (Å²) in [6.07, 6.45) is 3.12.